The molecule has 43 heavy (non-hydrogen) atoms. The predicted octanol–water partition coefficient (Wildman–Crippen LogP) is 12.2. The van der Waals surface area contributed by atoms with Crippen molar-refractivity contribution in [3.8, 4) is 0 Å². The Morgan fingerprint density at radius 1 is 0.465 bits per heavy atom. The van der Waals surface area contributed by atoms with Crippen molar-refractivity contribution in [3.05, 3.63) is 163 Å². The first-order chi connectivity index (χ1) is 21.1. The Bertz CT molecular complexity index is 2240. The summed E-state index contributed by atoms with van der Waals surface area (Å²) in [7, 11) is 0. The van der Waals surface area contributed by atoms with Gasteiger partial charge in [-0.3, -0.25) is 0 Å². The van der Waals surface area contributed by atoms with Crippen molar-refractivity contribution >= 4 is 70.1 Å². The average molecular weight is 570 g/mol. The number of thiophene rings is 1. The molecule has 7 aromatic carbocycles. The molecule has 0 bridgehead atoms. The summed E-state index contributed by atoms with van der Waals surface area (Å²) in [5, 5.41) is 7.82. The molecule has 0 unspecified atom stereocenters. The molecule has 0 amide bonds. The second kappa shape index (κ2) is 10.1. The van der Waals surface area contributed by atoms with Gasteiger partial charge in [0.1, 0.15) is 0 Å². The minimum absolute atomic E-state index is 0.0919. The molecule has 8 rings (SSSR count). The molecule has 1 nitrogen and oxygen atoms in total. The molecule has 1 aromatic heterocycles. The van der Waals surface area contributed by atoms with E-state index in [-0.39, 0.29) is 5.41 Å². The fraction of sp³-hybridized carbons (Fsp3) is 0.0732. The number of fused-ring (bicyclic) bond motifs is 7. The largest absolute Gasteiger partial charge is 0.310 e. The molecule has 0 spiro atoms. The van der Waals surface area contributed by atoms with E-state index in [9.17, 15) is 0 Å². The minimum atomic E-state index is -0.0919. The third-order valence-electron chi connectivity index (χ3n) is 8.96. The molecule has 0 aliphatic heterocycles. The van der Waals surface area contributed by atoms with Gasteiger partial charge in [-0.05, 0) is 58.3 Å². The van der Waals surface area contributed by atoms with E-state index in [0.29, 0.717) is 0 Å². The lowest BCUT2D eigenvalue weighted by molar-refractivity contribution is 0.641. The molecular formula is C41H31NS. The highest BCUT2D eigenvalue weighted by Gasteiger charge is 2.24. The van der Waals surface area contributed by atoms with E-state index < -0.39 is 0 Å². The van der Waals surface area contributed by atoms with Crippen molar-refractivity contribution < 1.29 is 0 Å². The van der Waals surface area contributed by atoms with Crippen LogP contribution in [-0.4, -0.2) is 0 Å². The molecule has 8 aromatic rings. The standard InChI is InChI=1S/C41H31NS/c1-41(2,29-12-5-3-6-13-29)30-22-24-32(25-23-30)42(31-14-7-4-8-15-31)37-18-11-17-35-33(37)26-20-28-21-27-36-34-16-9-10-19-38(34)43-40(36)39(28)35/h3-27H,1-2H3. The van der Waals surface area contributed by atoms with Crippen LogP contribution in [0.1, 0.15) is 25.0 Å². The SMILES string of the molecule is CC(C)(c1ccccc1)c1ccc(N(c2ccccc2)c2cccc3c2ccc2ccc4c5ccccc5sc4c23)cc1. The third kappa shape index (κ3) is 4.21. The summed E-state index contributed by atoms with van der Waals surface area (Å²) >= 11 is 1.90. The van der Waals surface area contributed by atoms with Crippen LogP contribution in [-0.2, 0) is 5.41 Å². The van der Waals surface area contributed by atoms with E-state index in [0.717, 1.165) is 11.4 Å². The van der Waals surface area contributed by atoms with E-state index in [1.165, 1.54) is 58.5 Å². The zero-order valence-electron chi connectivity index (χ0n) is 24.3. The summed E-state index contributed by atoms with van der Waals surface area (Å²) in [6, 6.07) is 55.3. The van der Waals surface area contributed by atoms with Crippen molar-refractivity contribution in [1.82, 2.24) is 0 Å². The molecule has 0 saturated carbocycles. The Hall–Kier alpha value is -4.92. The summed E-state index contributed by atoms with van der Waals surface area (Å²) in [6.07, 6.45) is 0. The Morgan fingerprint density at radius 2 is 1.07 bits per heavy atom. The Balaban J connectivity index is 1.33. The van der Waals surface area contributed by atoms with Gasteiger partial charge in [-0.25, -0.2) is 0 Å². The fourth-order valence-electron chi connectivity index (χ4n) is 6.59. The zero-order valence-corrected chi connectivity index (χ0v) is 25.1. The summed E-state index contributed by atoms with van der Waals surface area (Å²) in [4.78, 5) is 2.40. The van der Waals surface area contributed by atoms with E-state index in [1.54, 1.807) is 0 Å². The van der Waals surface area contributed by atoms with Gasteiger partial charge in [0.05, 0.1) is 5.69 Å². The van der Waals surface area contributed by atoms with E-state index in [1.807, 2.05) is 11.3 Å². The maximum Gasteiger partial charge on any atom is 0.0540 e. The fourth-order valence-corrected chi connectivity index (χ4v) is 7.86. The van der Waals surface area contributed by atoms with Gasteiger partial charge in [-0.15, -0.1) is 11.3 Å². The molecule has 0 aliphatic rings. The van der Waals surface area contributed by atoms with Crippen LogP contribution >= 0.6 is 11.3 Å². The third-order valence-corrected chi connectivity index (χ3v) is 10.2. The van der Waals surface area contributed by atoms with Crippen molar-refractivity contribution in [1.29, 1.82) is 0 Å². The first kappa shape index (κ1) is 25.8. The summed E-state index contributed by atoms with van der Waals surface area (Å²) in [6.45, 7) is 4.60. The predicted molar refractivity (Wildman–Crippen MR) is 188 cm³/mol. The smallest absolute Gasteiger partial charge is 0.0540 e. The van der Waals surface area contributed by atoms with Crippen molar-refractivity contribution in [2.45, 2.75) is 19.3 Å². The van der Waals surface area contributed by atoms with Crippen molar-refractivity contribution in [2.24, 2.45) is 0 Å². The van der Waals surface area contributed by atoms with Gasteiger partial charge in [0.15, 0.2) is 0 Å². The summed E-state index contributed by atoms with van der Waals surface area (Å²) in [5.41, 5.74) is 5.99. The molecule has 0 N–H and O–H groups in total. The second-order valence-corrected chi connectivity index (χ2v) is 12.8. The number of benzene rings is 7. The van der Waals surface area contributed by atoms with E-state index >= 15 is 0 Å². The minimum Gasteiger partial charge on any atom is -0.310 e. The highest BCUT2D eigenvalue weighted by molar-refractivity contribution is 7.26. The van der Waals surface area contributed by atoms with Crippen LogP contribution in [0.15, 0.2) is 152 Å². The maximum absolute atomic E-state index is 2.40. The van der Waals surface area contributed by atoms with Gasteiger partial charge in [-0.1, -0.05) is 129 Å². The topological polar surface area (TPSA) is 3.24 Å². The Morgan fingerprint density at radius 3 is 1.84 bits per heavy atom. The molecule has 2 heteroatoms. The number of rotatable bonds is 5. The van der Waals surface area contributed by atoms with Crippen LogP contribution < -0.4 is 4.90 Å². The molecule has 0 aliphatic carbocycles. The van der Waals surface area contributed by atoms with Crippen LogP contribution in [0.2, 0.25) is 0 Å². The summed E-state index contributed by atoms with van der Waals surface area (Å²) < 4.78 is 2.70. The van der Waals surface area contributed by atoms with Crippen molar-refractivity contribution in [2.75, 3.05) is 4.90 Å². The maximum atomic E-state index is 2.40. The van der Waals surface area contributed by atoms with Crippen LogP contribution in [0.4, 0.5) is 17.1 Å². The number of hydrogen-bond donors (Lipinski definition) is 0. The number of nitrogens with zero attached hydrogens (tertiary/aromatic N) is 1. The molecule has 1 heterocycles. The zero-order chi connectivity index (χ0) is 29.0. The molecule has 0 fully saturated rings. The van der Waals surface area contributed by atoms with Crippen LogP contribution in [0.3, 0.4) is 0 Å². The average Bonchev–Trinajstić information content (AvgIpc) is 3.45. The van der Waals surface area contributed by atoms with Gasteiger partial charge in [0.25, 0.3) is 0 Å². The highest BCUT2D eigenvalue weighted by Crippen LogP contribution is 2.45. The Kier molecular flexibility index (Phi) is 6.06. The number of para-hydroxylation sites is 1. The summed E-state index contributed by atoms with van der Waals surface area (Å²) in [5.74, 6) is 0. The lowest BCUT2D eigenvalue weighted by Crippen LogP contribution is -2.19. The van der Waals surface area contributed by atoms with Crippen LogP contribution in [0.25, 0.3) is 41.7 Å². The van der Waals surface area contributed by atoms with E-state index in [2.05, 4.69) is 170 Å². The quantitative estimate of drug-likeness (QED) is 0.186. The molecule has 0 atom stereocenters. The van der Waals surface area contributed by atoms with Gasteiger partial charge in [-0.2, -0.15) is 0 Å². The number of hydrogen-bond acceptors (Lipinski definition) is 2. The monoisotopic (exact) mass is 569 g/mol. The van der Waals surface area contributed by atoms with Crippen molar-refractivity contribution in [3.63, 3.8) is 0 Å². The van der Waals surface area contributed by atoms with Crippen LogP contribution in [0.5, 0.6) is 0 Å². The number of anilines is 3. The van der Waals surface area contributed by atoms with Gasteiger partial charge < -0.3 is 4.90 Å². The molecular weight excluding hydrogens is 539 g/mol. The van der Waals surface area contributed by atoms with E-state index in [4.69, 9.17) is 0 Å². The highest BCUT2D eigenvalue weighted by atomic mass is 32.1. The molecule has 0 saturated heterocycles. The second-order valence-electron chi connectivity index (χ2n) is 11.8. The Labute approximate surface area is 256 Å². The first-order valence-corrected chi connectivity index (χ1v) is 15.7. The van der Waals surface area contributed by atoms with Crippen LogP contribution in [0, 0.1) is 0 Å². The first-order valence-electron chi connectivity index (χ1n) is 14.9. The molecule has 0 radical (unpaired) electrons. The van der Waals surface area contributed by atoms with Gasteiger partial charge in [0.2, 0.25) is 0 Å². The van der Waals surface area contributed by atoms with Gasteiger partial charge >= 0.3 is 0 Å². The lowest BCUT2D eigenvalue weighted by Gasteiger charge is -2.29. The lowest BCUT2D eigenvalue weighted by atomic mass is 9.78. The normalized spacial score (nSPS) is 12.0. The molecule has 206 valence electrons. The van der Waals surface area contributed by atoms with Gasteiger partial charge in [0, 0.05) is 47.7 Å².